The summed E-state index contributed by atoms with van der Waals surface area (Å²) in [4.78, 5) is 10.8. The molecule has 1 fully saturated rings. The van der Waals surface area contributed by atoms with Crippen LogP contribution in [0.15, 0.2) is 24.3 Å². The number of benzene rings is 2. The Bertz CT molecular complexity index is 1280. The van der Waals surface area contributed by atoms with Crippen molar-refractivity contribution in [2.45, 2.75) is 58.0 Å². The van der Waals surface area contributed by atoms with Crippen LogP contribution in [-0.4, -0.2) is 40.6 Å². The average molecular weight is 510 g/mol. The van der Waals surface area contributed by atoms with Gasteiger partial charge in [0.2, 0.25) is 0 Å². The second-order valence-corrected chi connectivity index (χ2v) is 9.27. The third-order valence-corrected chi connectivity index (χ3v) is 6.54. The number of likely N-dealkylation sites (tertiary alicyclic amines) is 1. The largest absolute Gasteiger partial charge is 0.486 e. The van der Waals surface area contributed by atoms with E-state index >= 15 is 0 Å². The maximum atomic E-state index is 14.9. The number of nitrogens with zero attached hydrogens (tertiary/aromatic N) is 3. The molecule has 3 N–H and O–H groups in total. The summed E-state index contributed by atoms with van der Waals surface area (Å²) >= 11 is 0. The maximum Gasteiger partial charge on any atom is 0.419 e. The van der Waals surface area contributed by atoms with E-state index in [-0.39, 0.29) is 40.5 Å². The molecule has 3 atom stereocenters. The van der Waals surface area contributed by atoms with Crippen molar-refractivity contribution in [3.63, 3.8) is 0 Å². The number of aryl methyl sites for hydroxylation is 1. The molecular formula is C25H28F5N5O. The highest BCUT2D eigenvalue weighted by Gasteiger charge is 2.36. The molecule has 0 bridgehead atoms. The summed E-state index contributed by atoms with van der Waals surface area (Å²) in [7, 11) is 1.99. The lowest BCUT2D eigenvalue weighted by Crippen LogP contribution is -2.38. The molecule has 3 aromatic rings. The van der Waals surface area contributed by atoms with Crippen molar-refractivity contribution in [2.75, 3.05) is 24.6 Å². The van der Waals surface area contributed by atoms with Crippen LogP contribution in [0.25, 0.3) is 10.9 Å². The summed E-state index contributed by atoms with van der Waals surface area (Å²) in [5.74, 6) is -1.50. The minimum Gasteiger partial charge on any atom is -0.486 e. The van der Waals surface area contributed by atoms with Gasteiger partial charge in [-0.1, -0.05) is 0 Å². The number of halogens is 5. The highest BCUT2D eigenvalue weighted by molar-refractivity contribution is 5.90. The van der Waals surface area contributed by atoms with Gasteiger partial charge in [0.25, 0.3) is 0 Å². The summed E-state index contributed by atoms with van der Waals surface area (Å²) in [6.07, 6.45) is -3.22. The van der Waals surface area contributed by atoms with E-state index in [1.807, 2.05) is 14.0 Å². The molecule has 0 aliphatic carbocycles. The van der Waals surface area contributed by atoms with E-state index in [0.717, 1.165) is 25.5 Å². The van der Waals surface area contributed by atoms with E-state index < -0.39 is 29.4 Å². The van der Waals surface area contributed by atoms with E-state index in [1.165, 1.54) is 19.1 Å². The molecule has 0 saturated carbocycles. The fourth-order valence-corrected chi connectivity index (χ4v) is 4.73. The Morgan fingerprint density at radius 1 is 1.14 bits per heavy atom. The SMILES string of the molecule is Cc1nc(N[C@H](C)c2cc(N)cc(C(F)(F)F)c2F)c2cc(O[C@H](C)[C@@H]3CCCN3C)c(F)cc2n1. The molecule has 194 valence electrons. The molecule has 6 nitrogen and oxygen atoms in total. The number of hydrogen-bond donors (Lipinski definition) is 2. The maximum absolute atomic E-state index is 14.9. The fraction of sp³-hybridized carbons (Fsp3) is 0.440. The van der Waals surface area contributed by atoms with Gasteiger partial charge in [0.15, 0.2) is 11.6 Å². The number of ether oxygens (including phenoxy) is 1. The Morgan fingerprint density at radius 2 is 1.86 bits per heavy atom. The van der Waals surface area contributed by atoms with Crippen molar-refractivity contribution < 1.29 is 26.7 Å². The standard InChI is InChI=1S/C25H28F5N5O/c1-12(16-8-15(31)9-18(23(16)27)25(28,29)30)32-24-17-10-22(19(26)11-20(17)33-14(3)34-24)36-13(2)21-6-5-7-35(21)4/h8-13,21H,5-7,31H2,1-4H3,(H,32,33,34)/t12-,13-,21+/m1/s1. The Hall–Kier alpha value is -3.21. The molecule has 11 heteroatoms. The monoisotopic (exact) mass is 509 g/mol. The number of nitrogen functional groups attached to an aromatic ring is 1. The van der Waals surface area contributed by atoms with Crippen LogP contribution in [0.3, 0.4) is 0 Å². The van der Waals surface area contributed by atoms with Gasteiger partial charge in [-0.2, -0.15) is 13.2 Å². The van der Waals surface area contributed by atoms with Crippen molar-refractivity contribution in [3.05, 3.63) is 52.9 Å². The molecule has 2 heterocycles. The van der Waals surface area contributed by atoms with E-state index in [4.69, 9.17) is 10.5 Å². The first-order valence-electron chi connectivity index (χ1n) is 11.6. The van der Waals surface area contributed by atoms with Crippen molar-refractivity contribution in [1.82, 2.24) is 14.9 Å². The van der Waals surface area contributed by atoms with E-state index in [1.54, 1.807) is 6.92 Å². The molecule has 0 unspecified atom stereocenters. The lowest BCUT2D eigenvalue weighted by atomic mass is 10.0. The number of alkyl halides is 3. The Morgan fingerprint density at radius 3 is 2.50 bits per heavy atom. The third-order valence-electron chi connectivity index (χ3n) is 6.54. The number of hydrogen-bond acceptors (Lipinski definition) is 6. The summed E-state index contributed by atoms with van der Waals surface area (Å²) in [5.41, 5.74) is 3.97. The van der Waals surface area contributed by atoms with Crippen molar-refractivity contribution in [3.8, 4) is 5.75 Å². The normalized spacial score (nSPS) is 18.4. The number of nitrogens with one attached hydrogen (secondary N) is 1. The molecule has 0 spiro atoms. The van der Waals surface area contributed by atoms with Gasteiger partial charge in [0.1, 0.15) is 23.6 Å². The number of anilines is 2. The third kappa shape index (κ3) is 5.16. The van der Waals surface area contributed by atoms with Crippen LogP contribution in [0.4, 0.5) is 33.5 Å². The number of likely N-dealkylation sites (N-methyl/N-ethyl adjacent to an activating group) is 1. The highest BCUT2D eigenvalue weighted by atomic mass is 19.4. The van der Waals surface area contributed by atoms with E-state index in [2.05, 4.69) is 20.2 Å². The molecule has 4 rings (SSSR count). The number of rotatable bonds is 6. The zero-order valence-corrected chi connectivity index (χ0v) is 20.4. The Kier molecular flexibility index (Phi) is 6.96. The highest BCUT2D eigenvalue weighted by Crippen LogP contribution is 2.37. The lowest BCUT2D eigenvalue weighted by molar-refractivity contribution is -0.140. The quantitative estimate of drug-likeness (QED) is 0.321. The molecule has 2 aromatic carbocycles. The zero-order chi connectivity index (χ0) is 26.4. The van der Waals surface area contributed by atoms with Crippen molar-refractivity contribution >= 4 is 22.4 Å². The second-order valence-electron chi connectivity index (χ2n) is 9.27. The van der Waals surface area contributed by atoms with Crippen LogP contribution in [-0.2, 0) is 6.18 Å². The van der Waals surface area contributed by atoms with Gasteiger partial charge in [0.05, 0.1) is 17.1 Å². The van der Waals surface area contributed by atoms with Crippen LogP contribution in [0.1, 0.15) is 49.7 Å². The molecule has 0 amide bonds. The van der Waals surface area contributed by atoms with Gasteiger partial charge in [-0.05, 0) is 65.4 Å². The summed E-state index contributed by atoms with van der Waals surface area (Å²) in [6.45, 7) is 5.90. The molecule has 1 aliphatic heterocycles. The van der Waals surface area contributed by atoms with Gasteiger partial charge in [-0.25, -0.2) is 18.7 Å². The second kappa shape index (κ2) is 9.68. The minimum atomic E-state index is -4.90. The number of aromatic nitrogens is 2. The first-order valence-corrected chi connectivity index (χ1v) is 11.6. The van der Waals surface area contributed by atoms with Gasteiger partial charge in [-0.15, -0.1) is 0 Å². The molecule has 1 saturated heterocycles. The van der Waals surface area contributed by atoms with Crippen LogP contribution >= 0.6 is 0 Å². The predicted molar refractivity (Wildman–Crippen MR) is 128 cm³/mol. The molecule has 1 aromatic heterocycles. The van der Waals surface area contributed by atoms with Gasteiger partial charge in [0, 0.05) is 28.7 Å². The van der Waals surface area contributed by atoms with Crippen LogP contribution in [0.2, 0.25) is 0 Å². The van der Waals surface area contributed by atoms with Crippen molar-refractivity contribution in [1.29, 1.82) is 0 Å². The van der Waals surface area contributed by atoms with Gasteiger partial charge < -0.3 is 15.8 Å². The van der Waals surface area contributed by atoms with Crippen molar-refractivity contribution in [2.24, 2.45) is 0 Å². The number of fused-ring (bicyclic) bond motifs is 1. The predicted octanol–water partition coefficient (Wildman–Crippen LogP) is 5.85. The molecule has 1 aliphatic rings. The van der Waals surface area contributed by atoms with Crippen LogP contribution < -0.4 is 15.8 Å². The molecular weight excluding hydrogens is 481 g/mol. The summed E-state index contributed by atoms with van der Waals surface area (Å²) in [5, 5.41) is 3.34. The topological polar surface area (TPSA) is 76.3 Å². The Labute approximate surface area is 205 Å². The summed E-state index contributed by atoms with van der Waals surface area (Å²) < 4.78 is 75.6. The number of nitrogens with two attached hydrogens (primary N) is 1. The molecule has 36 heavy (non-hydrogen) atoms. The average Bonchev–Trinajstić information content (AvgIpc) is 3.21. The summed E-state index contributed by atoms with van der Waals surface area (Å²) in [6, 6.07) is 3.58. The fourth-order valence-electron chi connectivity index (χ4n) is 4.73. The first kappa shape index (κ1) is 25.9. The van der Waals surface area contributed by atoms with Gasteiger partial charge in [-0.3, -0.25) is 4.90 Å². The minimum absolute atomic E-state index is 0.00736. The first-order chi connectivity index (χ1) is 16.8. The molecule has 0 radical (unpaired) electrons. The zero-order valence-electron chi connectivity index (χ0n) is 20.4. The van der Waals surface area contributed by atoms with E-state index in [9.17, 15) is 22.0 Å². The van der Waals surface area contributed by atoms with Crippen LogP contribution in [0, 0.1) is 18.6 Å². The van der Waals surface area contributed by atoms with Gasteiger partial charge >= 0.3 is 6.18 Å². The van der Waals surface area contributed by atoms with E-state index in [0.29, 0.717) is 17.3 Å². The smallest absolute Gasteiger partial charge is 0.419 e. The lowest BCUT2D eigenvalue weighted by Gasteiger charge is -2.27. The van der Waals surface area contributed by atoms with Crippen LogP contribution in [0.5, 0.6) is 5.75 Å². The Balaban J connectivity index is 1.70.